The summed E-state index contributed by atoms with van der Waals surface area (Å²) in [6.45, 7) is 3.85. The molecule has 1 N–H and O–H groups in total. The lowest BCUT2D eigenvalue weighted by atomic mass is 10.0. The molecule has 1 saturated heterocycles. The summed E-state index contributed by atoms with van der Waals surface area (Å²) >= 11 is 7.26. The van der Waals surface area contributed by atoms with E-state index in [0.29, 0.717) is 32.7 Å². The number of nitrogens with zero attached hydrogens (tertiary/aromatic N) is 5. The summed E-state index contributed by atoms with van der Waals surface area (Å²) in [6.07, 6.45) is 1.99. The number of carbonyl (C=O) groups is 1. The van der Waals surface area contributed by atoms with E-state index in [4.69, 9.17) is 11.6 Å². The number of amides is 1. The number of benzene rings is 2. The van der Waals surface area contributed by atoms with Crippen molar-refractivity contribution in [3.05, 3.63) is 58.6 Å². The van der Waals surface area contributed by atoms with Crippen LogP contribution in [0.25, 0.3) is 0 Å². The largest absolute Gasteiger partial charge is 0.368 e. The predicted octanol–water partition coefficient (Wildman–Crippen LogP) is 3.09. The highest BCUT2D eigenvalue weighted by Crippen LogP contribution is 2.29. The number of sulfonamides is 1. The van der Waals surface area contributed by atoms with Gasteiger partial charge in [-0.3, -0.25) is 9.52 Å². The van der Waals surface area contributed by atoms with Crippen molar-refractivity contribution in [2.24, 2.45) is 0 Å². The van der Waals surface area contributed by atoms with Gasteiger partial charge in [0.15, 0.2) is 0 Å². The second-order valence-corrected chi connectivity index (χ2v) is 11.5. The molecule has 2 aromatic carbocycles. The van der Waals surface area contributed by atoms with E-state index in [-0.39, 0.29) is 15.9 Å². The van der Waals surface area contributed by atoms with Gasteiger partial charge in [0.1, 0.15) is 5.51 Å². The fourth-order valence-corrected chi connectivity index (χ4v) is 6.40. The van der Waals surface area contributed by atoms with Crippen molar-refractivity contribution in [1.82, 2.24) is 15.1 Å². The third-order valence-corrected chi connectivity index (χ3v) is 8.63. The quantitative estimate of drug-likeness (QED) is 0.521. The standard InChI is InChI=1S/C23H25ClN6O3S2/c24-18-3-8-21-17(14-18)2-1-9-30(21)15-22(31)29-12-10-28(11-13-29)19-4-6-20(7-5-19)35(32,33)27-23-26-25-16-34-23/h3-8,14,16H,1-2,9-13,15H2,(H,26,27). The van der Waals surface area contributed by atoms with E-state index in [2.05, 4.69) is 24.7 Å². The SMILES string of the molecule is O=C(CN1CCCc2cc(Cl)ccc21)N1CCN(c2ccc(S(=O)(=O)Nc3nncs3)cc2)CC1. The number of rotatable bonds is 6. The van der Waals surface area contributed by atoms with Crippen LogP contribution in [0.4, 0.5) is 16.5 Å². The molecule has 1 aromatic heterocycles. The van der Waals surface area contributed by atoms with Gasteiger partial charge in [-0.25, -0.2) is 8.42 Å². The second kappa shape index (κ2) is 10.00. The molecule has 5 rings (SSSR count). The molecule has 2 aliphatic heterocycles. The summed E-state index contributed by atoms with van der Waals surface area (Å²) in [5, 5.41) is 8.32. The van der Waals surface area contributed by atoms with E-state index < -0.39 is 10.0 Å². The summed E-state index contributed by atoms with van der Waals surface area (Å²) < 4.78 is 27.5. The number of fused-ring (bicyclic) bond motifs is 1. The van der Waals surface area contributed by atoms with Gasteiger partial charge in [0.2, 0.25) is 11.0 Å². The Kier molecular flexibility index (Phi) is 6.81. The van der Waals surface area contributed by atoms with E-state index in [0.717, 1.165) is 47.1 Å². The second-order valence-electron chi connectivity index (χ2n) is 8.51. The molecular weight excluding hydrogens is 508 g/mol. The van der Waals surface area contributed by atoms with Crippen LogP contribution in [0.1, 0.15) is 12.0 Å². The molecule has 0 radical (unpaired) electrons. The fourth-order valence-electron chi connectivity index (χ4n) is 4.51. The molecule has 2 aliphatic rings. The van der Waals surface area contributed by atoms with Crippen molar-refractivity contribution in [2.75, 3.05) is 53.8 Å². The third kappa shape index (κ3) is 5.36. The molecule has 3 aromatic rings. The highest BCUT2D eigenvalue weighted by atomic mass is 35.5. The Morgan fingerprint density at radius 3 is 2.54 bits per heavy atom. The van der Waals surface area contributed by atoms with Gasteiger partial charge in [-0.05, 0) is 60.9 Å². The molecule has 3 heterocycles. The third-order valence-electron chi connectivity index (χ3n) is 6.31. The number of aromatic nitrogens is 2. The molecular formula is C23H25ClN6O3S2. The molecule has 0 atom stereocenters. The number of nitrogens with one attached hydrogen (secondary N) is 1. The average Bonchev–Trinajstić information content (AvgIpc) is 3.36. The van der Waals surface area contributed by atoms with E-state index in [1.54, 1.807) is 24.3 Å². The minimum absolute atomic E-state index is 0.122. The number of halogens is 1. The molecule has 0 spiro atoms. The van der Waals surface area contributed by atoms with Gasteiger partial charge in [-0.1, -0.05) is 22.9 Å². The normalized spacial score (nSPS) is 16.2. The van der Waals surface area contributed by atoms with Crippen molar-refractivity contribution in [3.63, 3.8) is 0 Å². The van der Waals surface area contributed by atoms with Gasteiger partial charge >= 0.3 is 0 Å². The molecule has 0 saturated carbocycles. The summed E-state index contributed by atoms with van der Waals surface area (Å²) in [5.41, 5.74) is 4.69. The van der Waals surface area contributed by atoms with Gasteiger partial charge in [-0.2, -0.15) is 0 Å². The van der Waals surface area contributed by atoms with Crippen molar-refractivity contribution in [2.45, 2.75) is 17.7 Å². The lowest BCUT2D eigenvalue weighted by Gasteiger charge is -2.38. The number of anilines is 3. The van der Waals surface area contributed by atoms with Crippen LogP contribution in [0.3, 0.4) is 0 Å². The Morgan fingerprint density at radius 1 is 1.06 bits per heavy atom. The molecule has 0 aliphatic carbocycles. The van der Waals surface area contributed by atoms with Gasteiger partial charge in [-0.15, -0.1) is 10.2 Å². The van der Waals surface area contributed by atoms with E-state index in [1.807, 2.05) is 23.1 Å². The molecule has 0 bridgehead atoms. The van der Waals surface area contributed by atoms with Crippen LogP contribution < -0.4 is 14.5 Å². The van der Waals surface area contributed by atoms with Crippen LogP contribution in [-0.4, -0.2) is 68.7 Å². The highest BCUT2D eigenvalue weighted by Gasteiger charge is 2.25. The topological polar surface area (TPSA) is 98.7 Å². The Morgan fingerprint density at radius 2 is 1.83 bits per heavy atom. The smallest absolute Gasteiger partial charge is 0.263 e. The molecule has 1 fully saturated rings. The molecule has 184 valence electrons. The van der Waals surface area contributed by atoms with Crippen molar-refractivity contribution < 1.29 is 13.2 Å². The summed E-state index contributed by atoms with van der Waals surface area (Å²) in [5.74, 6) is 0.122. The van der Waals surface area contributed by atoms with Gasteiger partial charge < -0.3 is 14.7 Å². The van der Waals surface area contributed by atoms with Crippen LogP contribution in [0, 0.1) is 0 Å². The first-order valence-corrected chi connectivity index (χ1v) is 14.1. The molecule has 1 amide bonds. The average molecular weight is 533 g/mol. The summed E-state index contributed by atoms with van der Waals surface area (Å²) in [6, 6.07) is 12.6. The van der Waals surface area contributed by atoms with Gasteiger partial charge in [0, 0.05) is 49.1 Å². The maximum absolute atomic E-state index is 13.0. The Hall–Kier alpha value is -2.89. The first kappa shape index (κ1) is 23.8. The van der Waals surface area contributed by atoms with Crippen molar-refractivity contribution in [3.8, 4) is 0 Å². The number of carbonyl (C=O) groups excluding carboxylic acids is 1. The molecule has 9 nitrogen and oxygen atoms in total. The van der Waals surface area contributed by atoms with Gasteiger partial charge in [0.05, 0.1) is 11.4 Å². The number of hydrogen-bond donors (Lipinski definition) is 1. The zero-order valence-electron chi connectivity index (χ0n) is 18.9. The zero-order chi connectivity index (χ0) is 24.4. The Balaban J connectivity index is 1.17. The monoisotopic (exact) mass is 532 g/mol. The lowest BCUT2D eigenvalue weighted by Crippen LogP contribution is -2.51. The fraction of sp³-hybridized carbons (Fsp3) is 0.348. The van der Waals surface area contributed by atoms with Crippen LogP contribution in [0.5, 0.6) is 0 Å². The number of piperazine rings is 1. The minimum Gasteiger partial charge on any atom is -0.368 e. The maximum Gasteiger partial charge on any atom is 0.263 e. The van der Waals surface area contributed by atoms with Crippen LogP contribution in [0.2, 0.25) is 5.02 Å². The van der Waals surface area contributed by atoms with Crippen LogP contribution >= 0.6 is 22.9 Å². The molecule has 35 heavy (non-hydrogen) atoms. The van der Waals surface area contributed by atoms with E-state index in [1.165, 1.54) is 11.1 Å². The lowest BCUT2D eigenvalue weighted by molar-refractivity contribution is -0.130. The number of hydrogen-bond acceptors (Lipinski definition) is 8. The maximum atomic E-state index is 13.0. The first-order chi connectivity index (χ1) is 16.9. The summed E-state index contributed by atoms with van der Waals surface area (Å²) in [7, 11) is -3.71. The first-order valence-electron chi connectivity index (χ1n) is 11.3. The summed E-state index contributed by atoms with van der Waals surface area (Å²) in [4.78, 5) is 19.4. The van der Waals surface area contributed by atoms with Gasteiger partial charge in [0.25, 0.3) is 10.0 Å². The number of aryl methyl sites for hydroxylation is 1. The predicted molar refractivity (Wildman–Crippen MR) is 138 cm³/mol. The molecule has 12 heteroatoms. The van der Waals surface area contributed by atoms with Crippen LogP contribution in [-0.2, 0) is 21.2 Å². The highest BCUT2D eigenvalue weighted by molar-refractivity contribution is 7.93. The molecule has 0 unspecified atom stereocenters. The van der Waals surface area contributed by atoms with Crippen molar-refractivity contribution >= 4 is 55.4 Å². The minimum atomic E-state index is -3.71. The van der Waals surface area contributed by atoms with Crippen molar-refractivity contribution in [1.29, 1.82) is 0 Å². The van der Waals surface area contributed by atoms with E-state index >= 15 is 0 Å². The van der Waals surface area contributed by atoms with Crippen LogP contribution in [0.15, 0.2) is 52.9 Å². The van der Waals surface area contributed by atoms with E-state index in [9.17, 15) is 13.2 Å². The Labute approximate surface area is 213 Å². The Bertz CT molecular complexity index is 1290. The zero-order valence-corrected chi connectivity index (χ0v) is 21.3.